The summed E-state index contributed by atoms with van der Waals surface area (Å²) in [6, 6.07) is 1.82. The number of rotatable bonds is 7. The Morgan fingerprint density at radius 1 is 1.50 bits per heavy atom. The molecule has 1 heterocycles. The van der Waals surface area contributed by atoms with Gasteiger partial charge < -0.3 is 15.0 Å². The highest BCUT2D eigenvalue weighted by Gasteiger charge is 2.09. The molecule has 6 nitrogen and oxygen atoms in total. The lowest BCUT2D eigenvalue weighted by atomic mass is 10.3. The van der Waals surface area contributed by atoms with E-state index in [1.165, 1.54) is 13.4 Å². The number of aromatic nitrogens is 2. The number of unbranched alkanes of at least 4 members (excludes halogenated alkanes) is 1. The molecule has 0 aliphatic carbocycles. The second-order valence-electron chi connectivity index (χ2n) is 3.97. The number of hydrogen-bond acceptors (Lipinski definition) is 6. The first-order chi connectivity index (χ1) is 8.67. The number of esters is 1. The van der Waals surface area contributed by atoms with Gasteiger partial charge >= 0.3 is 5.97 Å². The van der Waals surface area contributed by atoms with E-state index in [1.807, 2.05) is 6.07 Å². The topological polar surface area (TPSA) is 67.4 Å². The van der Waals surface area contributed by atoms with Crippen LogP contribution >= 0.6 is 0 Å². The van der Waals surface area contributed by atoms with Crippen LogP contribution in [0.1, 0.15) is 19.8 Å². The van der Waals surface area contributed by atoms with Gasteiger partial charge in [0.15, 0.2) is 0 Å². The average Bonchev–Trinajstić information content (AvgIpc) is 2.39. The minimum atomic E-state index is -0.295. The molecule has 0 bridgehead atoms. The van der Waals surface area contributed by atoms with Crippen LogP contribution in [0.15, 0.2) is 12.4 Å². The summed E-state index contributed by atoms with van der Waals surface area (Å²) < 4.78 is 4.61. The van der Waals surface area contributed by atoms with Gasteiger partial charge in [-0.25, -0.2) is 9.97 Å². The van der Waals surface area contributed by atoms with Gasteiger partial charge in [-0.2, -0.15) is 0 Å². The number of ether oxygens (including phenoxy) is 1. The first kappa shape index (κ1) is 14.2. The third-order valence-electron chi connectivity index (χ3n) is 2.47. The normalized spacial score (nSPS) is 9.94. The summed E-state index contributed by atoms with van der Waals surface area (Å²) in [5.74, 6) is 1.16. The number of nitrogens with zero attached hydrogens (tertiary/aromatic N) is 3. The van der Waals surface area contributed by atoms with E-state index in [2.05, 4.69) is 26.9 Å². The lowest BCUT2D eigenvalue weighted by Gasteiger charge is -2.16. The van der Waals surface area contributed by atoms with Gasteiger partial charge in [0.05, 0.1) is 7.11 Å². The molecule has 0 saturated carbocycles. The quantitative estimate of drug-likeness (QED) is 0.583. The minimum absolute atomic E-state index is 0.169. The second-order valence-corrected chi connectivity index (χ2v) is 3.97. The van der Waals surface area contributed by atoms with Gasteiger partial charge in [-0.3, -0.25) is 4.79 Å². The lowest BCUT2D eigenvalue weighted by Crippen LogP contribution is -2.27. The zero-order valence-corrected chi connectivity index (χ0v) is 11.1. The number of anilines is 2. The van der Waals surface area contributed by atoms with Crippen LogP contribution in [0, 0.1) is 0 Å². The molecule has 0 aliphatic rings. The highest BCUT2D eigenvalue weighted by molar-refractivity contribution is 5.75. The molecular weight excluding hydrogens is 232 g/mol. The van der Waals surface area contributed by atoms with Gasteiger partial charge in [-0.1, -0.05) is 13.3 Å². The number of likely N-dealkylation sites (N-methyl/N-ethyl adjacent to an activating group) is 1. The van der Waals surface area contributed by atoms with E-state index in [0.717, 1.165) is 25.2 Å². The fourth-order valence-corrected chi connectivity index (χ4v) is 1.38. The number of hydrogen-bond donors (Lipinski definition) is 1. The molecule has 0 saturated heterocycles. The van der Waals surface area contributed by atoms with Crippen LogP contribution in [0.5, 0.6) is 0 Å². The highest BCUT2D eigenvalue weighted by atomic mass is 16.5. The minimum Gasteiger partial charge on any atom is -0.468 e. The molecule has 0 radical (unpaired) electrons. The summed E-state index contributed by atoms with van der Waals surface area (Å²) in [5.41, 5.74) is 0. The molecule has 0 aliphatic heterocycles. The Morgan fingerprint density at radius 2 is 2.28 bits per heavy atom. The van der Waals surface area contributed by atoms with Gasteiger partial charge in [-0.15, -0.1) is 0 Å². The van der Waals surface area contributed by atoms with E-state index in [0.29, 0.717) is 5.82 Å². The maximum Gasteiger partial charge on any atom is 0.325 e. The van der Waals surface area contributed by atoms with Crippen LogP contribution in [0.3, 0.4) is 0 Å². The van der Waals surface area contributed by atoms with E-state index in [9.17, 15) is 4.79 Å². The summed E-state index contributed by atoms with van der Waals surface area (Å²) in [6.45, 7) is 3.19. The van der Waals surface area contributed by atoms with Crippen molar-refractivity contribution in [1.82, 2.24) is 9.97 Å². The van der Waals surface area contributed by atoms with E-state index in [4.69, 9.17) is 0 Å². The third kappa shape index (κ3) is 4.57. The van der Waals surface area contributed by atoms with E-state index in [-0.39, 0.29) is 12.5 Å². The van der Waals surface area contributed by atoms with Crippen molar-refractivity contribution in [3.8, 4) is 0 Å². The molecule has 1 N–H and O–H groups in total. The maximum absolute atomic E-state index is 11.2. The molecule has 100 valence electrons. The summed E-state index contributed by atoms with van der Waals surface area (Å²) >= 11 is 0. The Bertz CT molecular complexity index is 384. The fraction of sp³-hybridized carbons (Fsp3) is 0.583. The SMILES string of the molecule is CCCCNc1cc(N(C)CC(=O)OC)ncn1. The van der Waals surface area contributed by atoms with Gasteiger partial charge in [-0.05, 0) is 6.42 Å². The summed E-state index contributed by atoms with van der Waals surface area (Å²) in [7, 11) is 3.16. The van der Waals surface area contributed by atoms with Crippen molar-refractivity contribution < 1.29 is 9.53 Å². The monoisotopic (exact) mass is 252 g/mol. The van der Waals surface area contributed by atoms with Crippen LogP contribution in [0.2, 0.25) is 0 Å². The lowest BCUT2D eigenvalue weighted by molar-refractivity contribution is -0.138. The molecule has 0 amide bonds. The predicted molar refractivity (Wildman–Crippen MR) is 70.7 cm³/mol. The van der Waals surface area contributed by atoms with Crippen molar-refractivity contribution in [2.75, 3.05) is 37.5 Å². The van der Waals surface area contributed by atoms with Crippen LogP contribution in [-0.4, -0.2) is 43.2 Å². The first-order valence-electron chi connectivity index (χ1n) is 6.01. The average molecular weight is 252 g/mol. The Balaban J connectivity index is 2.60. The zero-order chi connectivity index (χ0) is 13.4. The maximum atomic E-state index is 11.2. The van der Waals surface area contributed by atoms with Crippen molar-refractivity contribution in [2.45, 2.75) is 19.8 Å². The van der Waals surface area contributed by atoms with Gasteiger partial charge in [0.2, 0.25) is 0 Å². The smallest absolute Gasteiger partial charge is 0.325 e. The molecule has 1 rings (SSSR count). The number of carbonyl (C=O) groups is 1. The molecule has 0 fully saturated rings. The van der Waals surface area contributed by atoms with Crippen LogP contribution in [0.25, 0.3) is 0 Å². The molecular formula is C12H20N4O2. The largest absolute Gasteiger partial charge is 0.468 e. The van der Waals surface area contributed by atoms with Crippen LogP contribution in [0.4, 0.5) is 11.6 Å². The van der Waals surface area contributed by atoms with Crippen LogP contribution < -0.4 is 10.2 Å². The molecule has 0 atom stereocenters. The summed E-state index contributed by atoms with van der Waals surface area (Å²) in [4.78, 5) is 21.1. The number of nitrogens with one attached hydrogen (secondary N) is 1. The van der Waals surface area contributed by atoms with Crippen LogP contribution in [-0.2, 0) is 9.53 Å². The van der Waals surface area contributed by atoms with E-state index >= 15 is 0 Å². The van der Waals surface area contributed by atoms with Crippen molar-refractivity contribution in [1.29, 1.82) is 0 Å². The van der Waals surface area contributed by atoms with Crippen molar-refractivity contribution in [3.05, 3.63) is 12.4 Å². The number of methoxy groups -OCH3 is 1. The Labute approximate surface area is 107 Å². The van der Waals surface area contributed by atoms with Crippen molar-refractivity contribution in [2.24, 2.45) is 0 Å². The molecule has 18 heavy (non-hydrogen) atoms. The molecule has 1 aromatic rings. The van der Waals surface area contributed by atoms with Crippen molar-refractivity contribution in [3.63, 3.8) is 0 Å². The molecule has 0 unspecified atom stereocenters. The van der Waals surface area contributed by atoms with Crippen molar-refractivity contribution >= 4 is 17.6 Å². The Hall–Kier alpha value is -1.85. The van der Waals surface area contributed by atoms with E-state index in [1.54, 1.807) is 11.9 Å². The van der Waals surface area contributed by atoms with E-state index < -0.39 is 0 Å². The highest BCUT2D eigenvalue weighted by Crippen LogP contribution is 2.12. The third-order valence-corrected chi connectivity index (χ3v) is 2.47. The molecule has 0 aromatic carbocycles. The molecule has 0 spiro atoms. The Morgan fingerprint density at radius 3 is 2.94 bits per heavy atom. The Kier molecular flexibility index (Phi) is 5.90. The van der Waals surface area contributed by atoms with Gasteiger partial charge in [0.1, 0.15) is 24.5 Å². The first-order valence-corrected chi connectivity index (χ1v) is 6.01. The summed E-state index contributed by atoms with van der Waals surface area (Å²) in [6.07, 6.45) is 3.71. The van der Waals surface area contributed by atoms with Gasteiger partial charge in [0.25, 0.3) is 0 Å². The molecule has 6 heteroatoms. The predicted octanol–water partition coefficient (Wildman–Crippen LogP) is 1.30. The van der Waals surface area contributed by atoms with Gasteiger partial charge in [0, 0.05) is 19.7 Å². The fourth-order valence-electron chi connectivity index (χ4n) is 1.38. The second kappa shape index (κ2) is 7.47. The molecule has 1 aromatic heterocycles. The standard InChI is InChI=1S/C12H20N4O2/c1-4-5-6-13-10-7-11(15-9-14-10)16(2)8-12(17)18-3/h7,9H,4-6,8H2,1-3H3,(H,13,14,15). The zero-order valence-electron chi connectivity index (χ0n) is 11.1. The summed E-state index contributed by atoms with van der Waals surface area (Å²) in [5, 5.41) is 3.21. The number of carbonyl (C=O) groups excluding carboxylic acids is 1.